The first kappa shape index (κ1) is 13.8. The molecular formula is C13H26S2. The Kier molecular flexibility index (Phi) is 8.08. The third-order valence-electron chi connectivity index (χ3n) is 3.29. The normalized spacial score (nSPS) is 26.8. The minimum absolute atomic E-state index is 0.985. The molecule has 90 valence electrons. The van der Waals surface area contributed by atoms with Gasteiger partial charge in [0.15, 0.2) is 0 Å². The smallest absolute Gasteiger partial charge is 0.00495 e. The molecule has 0 aromatic heterocycles. The maximum atomic E-state index is 4.23. The van der Waals surface area contributed by atoms with Crippen molar-refractivity contribution in [3.8, 4) is 0 Å². The van der Waals surface area contributed by atoms with Crippen LogP contribution in [0.2, 0.25) is 0 Å². The summed E-state index contributed by atoms with van der Waals surface area (Å²) in [6, 6.07) is 0. The molecule has 0 N–H and O–H groups in total. The fraction of sp³-hybridized carbons (Fsp3) is 1.00. The Morgan fingerprint density at radius 1 is 1.13 bits per heavy atom. The van der Waals surface area contributed by atoms with Gasteiger partial charge in [-0.15, -0.1) is 0 Å². The molecular weight excluding hydrogens is 220 g/mol. The molecule has 1 fully saturated rings. The molecule has 0 amide bonds. The van der Waals surface area contributed by atoms with E-state index in [-0.39, 0.29) is 0 Å². The zero-order valence-corrected chi connectivity index (χ0v) is 11.8. The zero-order chi connectivity index (χ0) is 10.9. The molecule has 1 saturated carbocycles. The van der Waals surface area contributed by atoms with Crippen LogP contribution in [0.3, 0.4) is 0 Å². The van der Waals surface area contributed by atoms with Crippen LogP contribution in [0.5, 0.6) is 0 Å². The van der Waals surface area contributed by atoms with E-state index in [2.05, 4.69) is 31.3 Å². The molecule has 0 aliphatic heterocycles. The van der Waals surface area contributed by atoms with Crippen LogP contribution in [0.4, 0.5) is 0 Å². The van der Waals surface area contributed by atoms with Gasteiger partial charge in [-0.3, -0.25) is 0 Å². The highest BCUT2D eigenvalue weighted by atomic mass is 32.2. The number of hydrogen-bond acceptors (Lipinski definition) is 2. The van der Waals surface area contributed by atoms with E-state index in [4.69, 9.17) is 0 Å². The van der Waals surface area contributed by atoms with Gasteiger partial charge in [-0.1, -0.05) is 32.6 Å². The lowest BCUT2D eigenvalue weighted by atomic mass is 9.91. The van der Waals surface area contributed by atoms with Crippen molar-refractivity contribution in [3.63, 3.8) is 0 Å². The Labute approximate surface area is 105 Å². The third-order valence-corrected chi connectivity index (χ3v) is 5.03. The minimum atomic E-state index is 0.985. The van der Waals surface area contributed by atoms with Gasteiger partial charge in [0.25, 0.3) is 0 Å². The second-order valence-electron chi connectivity index (χ2n) is 4.90. The summed E-state index contributed by atoms with van der Waals surface area (Å²) in [7, 11) is 0. The molecule has 1 aliphatic rings. The maximum absolute atomic E-state index is 4.23. The fourth-order valence-electron chi connectivity index (χ4n) is 2.35. The summed E-state index contributed by atoms with van der Waals surface area (Å²) in [5.74, 6) is 3.44. The van der Waals surface area contributed by atoms with Gasteiger partial charge in [0, 0.05) is 5.25 Å². The van der Waals surface area contributed by atoms with Crippen LogP contribution in [0.25, 0.3) is 0 Å². The van der Waals surface area contributed by atoms with Gasteiger partial charge in [0.05, 0.1) is 0 Å². The number of thioether (sulfide) groups is 1. The van der Waals surface area contributed by atoms with Crippen LogP contribution in [0.1, 0.15) is 58.3 Å². The summed E-state index contributed by atoms with van der Waals surface area (Å²) < 4.78 is 0. The van der Waals surface area contributed by atoms with Crippen LogP contribution in [-0.4, -0.2) is 16.8 Å². The van der Waals surface area contributed by atoms with Crippen LogP contribution in [-0.2, 0) is 0 Å². The first-order valence-electron chi connectivity index (χ1n) is 6.55. The van der Waals surface area contributed by atoms with Crippen molar-refractivity contribution in [2.24, 2.45) is 5.92 Å². The van der Waals surface area contributed by atoms with Crippen LogP contribution >= 0.6 is 24.4 Å². The highest BCUT2D eigenvalue weighted by molar-refractivity contribution is 7.99. The SMILES string of the molecule is CC1CCCC(SCCCCCCS)C1. The van der Waals surface area contributed by atoms with Crippen LogP contribution in [0, 0.1) is 5.92 Å². The topological polar surface area (TPSA) is 0 Å². The zero-order valence-electron chi connectivity index (χ0n) is 10.1. The molecule has 0 aromatic carbocycles. The highest BCUT2D eigenvalue weighted by Crippen LogP contribution is 2.32. The molecule has 0 bridgehead atoms. The van der Waals surface area contributed by atoms with Crippen molar-refractivity contribution in [2.45, 2.75) is 63.5 Å². The van der Waals surface area contributed by atoms with Gasteiger partial charge in [-0.2, -0.15) is 24.4 Å². The van der Waals surface area contributed by atoms with Crippen LogP contribution < -0.4 is 0 Å². The highest BCUT2D eigenvalue weighted by Gasteiger charge is 2.18. The molecule has 0 nitrogen and oxygen atoms in total. The Hall–Kier alpha value is 0.700. The van der Waals surface area contributed by atoms with E-state index in [1.54, 1.807) is 0 Å². The van der Waals surface area contributed by atoms with E-state index < -0.39 is 0 Å². The summed E-state index contributed by atoms with van der Waals surface area (Å²) in [5, 5.41) is 0.985. The van der Waals surface area contributed by atoms with E-state index in [0.29, 0.717) is 0 Å². The summed E-state index contributed by atoms with van der Waals surface area (Å²) >= 11 is 6.47. The number of unbranched alkanes of at least 4 members (excludes halogenated alkanes) is 3. The molecule has 0 radical (unpaired) electrons. The predicted molar refractivity (Wildman–Crippen MR) is 76.2 cm³/mol. The van der Waals surface area contributed by atoms with E-state index in [9.17, 15) is 0 Å². The molecule has 2 atom stereocenters. The first-order valence-corrected chi connectivity index (χ1v) is 8.23. The average Bonchev–Trinajstić information content (AvgIpc) is 2.23. The minimum Gasteiger partial charge on any atom is -0.179 e. The Morgan fingerprint density at radius 3 is 2.67 bits per heavy atom. The third kappa shape index (κ3) is 6.78. The summed E-state index contributed by atoms with van der Waals surface area (Å²) in [4.78, 5) is 0. The molecule has 1 aliphatic carbocycles. The number of hydrogen-bond donors (Lipinski definition) is 1. The lowest BCUT2D eigenvalue weighted by Gasteiger charge is -2.26. The van der Waals surface area contributed by atoms with E-state index in [1.165, 1.54) is 57.1 Å². The predicted octanol–water partition coefficient (Wildman–Crippen LogP) is 4.79. The van der Waals surface area contributed by atoms with Crippen molar-refractivity contribution >= 4 is 24.4 Å². The summed E-state index contributed by atoms with van der Waals surface area (Å²) in [6.07, 6.45) is 11.4. The van der Waals surface area contributed by atoms with E-state index in [1.807, 2.05) is 0 Å². The number of rotatable bonds is 7. The first-order chi connectivity index (χ1) is 7.33. The van der Waals surface area contributed by atoms with Crippen molar-refractivity contribution in [3.05, 3.63) is 0 Å². The Balaban J connectivity index is 1.90. The summed E-state index contributed by atoms with van der Waals surface area (Å²) in [5.41, 5.74) is 0. The molecule has 2 heteroatoms. The van der Waals surface area contributed by atoms with Gasteiger partial charge < -0.3 is 0 Å². The van der Waals surface area contributed by atoms with Crippen molar-refractivity contribution in [1.29, 1.82) is 0 Å². The van der Waals surface area contributed by atoms with Crippen molar-refractivity contribution in [2.75, 3.05) is 11.5 Å². The lowest BCUT2D eigenvalue weighted by Crippen LogP contribution is -2.15. The lowest BCUT2D eigenvalue weighted by molar-refractivity contribution is 0.394. The van der Waals surface area contributed by atoms with Crippen LogP contribution in [0.15, 0.2) is 0 Å². The van der Waals surface area contributed by atoms with Gasteiger partial charge in [-0.05, 0) is 43.1 Å². The van der Waals surface area contributed by atoms with Gasteiger partial charge >= 0.3 is 0 Å². The summed E-state index contributed by atoms with van der Waals surface area (Å²) in [6.45, 7) is 2.42. The van der Waals surface area contributed by atoms with E-state index >= 15 is 0 Å². The monoisotopic (exact) mass is 246 g/mol. The molecule has 0 spiro atoms. The Bertz CT molecular complexity index is 147. The van der Waals surface area contributed by atoms with Crippen molar-refractivity contribution in [1.82, 2.24) is 0 Å². The molecule has 1 rings (SSSR count). The fourth-order valence-corrected chi connectivity index (χ4v) is 4.07. The second kappa shape index (κ2) is 8.81. The van der Waals surface area contributed by atoms with Gasteiger partial charge in [0.2, 0.25) is 0 Å². The molecule has 0 saturated heterocycles. The van der Waals surface area contributed by atoms with Gasteiger partial charge in [0.1, 0.15) is 0 Å². The quantitative estimate of drug-likeness (QED) is 0.498. The second-order valence-corrected chi connectivity index (χ2v) is 6.76. The maximum Gasteiger partial charge on any atom is 0.00495 e. The van der Waals surface area contributed by atoms with Crippen molar-refractivity contribution < 1.29 is 0 Å². The van der Waals surface area contributed by atoms with Gasteiger partial charge in [-0.25, -0.2) is 0 Å². The van der Waals surface area contributed by atoms with E-state index in [0.717, 1.165) is 16.9 Å². The Morgan fingerprint density at radius 2 is 1.93 bits per heavy atom. The molecule has 0 heterocycles. The average molecular weight is 246 g/mol. The standard InChI is InChI=1S/C13H26S2/c1-12-7-6-8-13(11-12)15-10-5-3-2-4-9-14/h12-14H,2-11H2,1H3. The molecule has 15 heavy (non-hydrogen) atoms. The number of thiol groups is 1. The molecule has 0 aromatic rings. The largest absolute Gasteiger partial charge is 0.179 e. The molecule has 2 unspecified atom stereocenters.